The molecule has 2 saturated heterocycles. The van der Waals surface area contributed by atoms with Crippen molar-refractivity contribution in [2.45, 2.75) is 76.2 Å². The van der Waals surface area contributed by atoms with E-state index in [1.54, 1.807) is 0 Å². The van der Waals surface area contributed by atoms with Gasteiger partial charge in [-0.1, -0.05) is 25.5 Å². The predicted octanol–water partition coefficient (Wildman–Crippen LogP) is 0.653. The van der Waals surface area contributed by atoms with Gasteiger partial charge in [-0.15, -0.1) is 0 Å². The molecule has 0 aromatic carbocycles. The molecule has 32 heavy (non-hydrogen) atoms. The number of piperidine rings is 2. The van der Waals surface area contributed by atoms with Crippen LogP contribution in [0, 0.1) is 29.1 Å². The monoisotopic (exact) mass is 445 g/mol. The van der Waals surface area contributed by atoms with Gasteiger partial charge in [0.25, 0.3) is 0 Å². The Morgan fingerprint density at radius 2 is 1.97 bits per heavy atom. The quantitative estimate of drug-likeness (QED) is 0.287. The maximum Gasteiger partial charge on any atom is 0.227 e. The fourth-order valence-electron chi connectivity index (χ4n) is 5.59. The van der Waals surface area contributed by atoms with E-state index in [2.05, 4.69) is 46.0 Å². The number of nitrogens with two attached hydrogens (primary N) is 2. The van der Waals surface area contributed by atoms with E-state index in [0.29, 0.717) is 24.9 Å². The fraction of sp³-hybridized carbons (Fsp3) is 0.833. The van der Waals surface area contributed by atoms with Crippen molar-refractivity contribution in [2.75, 3.05) is 32.7 Å². The number of likely N-dealkylation sites (tertiary alicyclic amines) is 1. The average molecular weight is 446 g/mol. The molecular weight excluding hydrogens is 402 g/mol. The zero-order valence-corrected chi connectivity index (χ0v) is 19.6. The zero-order valence-electron chi connectivity index (χ0n) is 19.6. The lowest BCUT2D eigenvalue weighted by Crippen LogP contribution is -2.64. The van der Waals surface area contributed by atoms with Crippen LogP contribution in [-0.2, 0) is 4.79 Å². The zero-order chi connectivity index (χ0) is 22.9. The normalized spacial score (nSPS) is 34.2. The summed E-state index contributed by atoms with van der Waals surface area (Å²) in [5, 5.41) is 19.5. The van der Waals surface area contributed by atoms with E-state index in [9.17, 15) is 4.79 Å². The Morgan fingerprint density at radius 3 is 2.66 bits per heavy atom. The minimum Gasteiger partial charge on any atom is -0.350 e. The molecule has 180 valence electrons. The number of hydrogen-bond acceptors (Lipinski definition) is 7. The lowest BCUT2D eigenvalue weighted by molar-refractivity contribution is -0.128. The van der Waals surface area contributed by atoms with Crippen molar-refractivity contribution in [1.29, 1.82) is 5.26 Å². The molecule has 0 bridgehead atoms. The van der Waals surface area contributed by atoms with Crippen LogP contribution >= 0.6 is 0 Å². The second kappa shape index (κ2) is 12.7. The molecule has 0 spiro atoms. The molecule has 1 amide bonds. The van der Waals surface area contributed by atoms with E-state index in [1.807, 2.05) is 0 Å². The highest BCUT2D eigenvalue weighted by molar-refractivity contribution is 5.80. The molecule has 6 unspecified atom stereocenters. The van der Waals surface area contributed by atoms with Crippen molar-refractivity contribution < 1.29 is 4.79 Å². The molecule has 3 aliphatic rings. The summed E-state index contributed by atoms with van der Waals surface area (Å²) in [6.07, 6.45) is 10.7. The lowest BCUT2D eigenvalue weighted by Gasteiger charge is -2.43. The summed E-state index contributed by atoms with van der Waals surface area (Å²) in [5.41, 5.74) is 12.4. The van der Waals surface area contributed by atoms with Gasteiger partial charge in [-0.05, 0) is 57.7 Å². The Bertz CT molecular complexity index is 655. The van der Waals surface area contributed by atoms with E-state index in [1.165, 1.54) is 19.3 Å². The smallest absolute Gasteiger partial charge is 0.227 e. The van der Waals surface area contributed by atoms with Gasteiger partial charge in [-0.25, -0.2) is 0 Å². The second-order valence-electron chi connectivity index (χ2n) is 9.80. The molecule has 0 radical (unpaired) electrons. The molecule has 3 aliphatic heterocycles. The molecular formula is C24H43N7O. The molecule has 8 heteroatoms. The minimum absolute atomic E-state index is 0.0514. The lowest BCUT2D eigenvalue weighted by atomic mass is 9.84. The van der Waals surface area contributed by atoms with Crippen molar-refractivity contribution in [3.8, 4) is 6.07 Å². The Morgan fingerprint density at radius 1 is 1.22 bits per heavy atom. The maximum atomic E-state index is 13.6. The summed E-state index contributed by atoms with van der Waals surface area (Å²) in [5.74, 6) is -0.0901. The Labute approximate surface area is 193 Å². The first-order valence-electron chi connectivity index (χ1n) is 12.6. The van der Waals surface area contributed by atoms with E-state index in [-0.39, 0.29) is 23.9 Å². The largest absolute Gasteiger partial charge is 0.350 e. The van der Waals surface area contributed by atoms with Crippen molar-refractivity contribution in [2.24, 2.45) is 29.2 Å². The number of amides is 1. The van der Waals surface area contributed by atoms with Gasteiger partial charge in [0.1, 0.15) is 0 Å². The van der Waals surface area contributed by atoms with Crippen LogP contribution in [0.3, 0.4) is 0 Å². The van der Waals surface area contributed by atoms with Gasteiger partial charge in [0.2, 0.25) is 5.91 Å². The second-order valence-corrected chi connectivity index (χ2v) is 9.80. The fourth-order valence-corrected chi connectivity index (χ4v) is 5.59. The first-order valence-corrected chi connectivity index (χ1v) is 12.6. The molecule has 0 aromatic rings. The summed E-state index contributed by atoms with van der Waals surface area (Å²) in [6.45, 7) is 6.81. The van der Waals surface area contributed by atoms with Crippen molar-refractivity contribution in [3.05, 3.63) is 12.2 Å². The van der Waals surface area contributed by atoms with Crippen molar-refractivity contribution in [1.82, 2.24) is 20.9 Å². The summed E-state index contributed by atoms with van der Waals surface area (Å²) in [7, 11) is 0. The number of hydrogen-bond donors (Lipinski definition) is 5. The molecule has 0 aliphatic carbocycles. The maximum absolute atomic E-state index is 13.6. The number of nitriles is 1. The molecule has 3 rings (SSSR count). The number of allylic oxidation sites excluding steroid dienone is 1. The highest BCUT2D eigenvalue weighted by atomic mass is 16.2. The molecule has 0 saturated carbocycles. The van der Waals surface area contributed by atoms with Crippen LogP contribution in [0.2, 0.25) is 0 Å². The van der Waals surface area contributed by atoms with Gasteiger partial charge >= 0.3 is 0 Å². The third kappa shape index (κ3) is 6.75. The van der Waals surface area contributed by atoms with Crippen molar-refractivity contribution >= 4 is 5.91 Å². The van der Waals surface area contributed by atoms with Crippen molar-refractivity contribution in [3.63, 3.8) is 0 Å². The third-order valence-electron chi connectivity index (χ3n) is 7.52. The predicted molar refractivity (Wildman–Crippen MR) is 127 cm³/mol. The molecule has 2 fully saturated rings. The Balaban J connectivity index is 1.71. The minimum atomic E-state index is -0.743. The van der Waals surface area contributed by atoms with Crippen LogP contribution in [0.1, 0.15) is 51.9 Å². The first kappa shape index (κ1) is 25.1. The van der Waals surface area contributed by atoms with Gasteiger partial charge < -0.3 is 27.4 Å². The van der Waals surface area contributed by atoms with Crippen LogP contribution < -0.4 is 27.4 Å². The average Bonchev–Trinajstić information content (AvgIpc) is 2.78. The van der Waals surface area contributed by atoms with Crippen LogP contribution in [0.25, 0.3) is 0 Å². The van der Waals surface area contributed by atoms with Crippen LogP contribution in [0.5, 0.6) is 0 Å². The van der Waals surface area contributed by atoms with Gasteiger partial charge in [-0.3, -0.25) is 9.69 Å². The van der Waals surface area contributed by atoms with E-state index >= 15 is 0 Å². The molecule has 6 atom stereocenters. The highest BCUT2D eigenvalue weighted by Gasteiger charge is 2.38. The topological polar surface area (TPSA) is 132 Å². The summed E-state index contributed by atoms with van der Waals surface area (Å²) in [4.78, 5) is 16.1. The standard InChI is InChI=1S/C24H43N7O/c1-2-17-6-7-18(8-10-25)15-29-19(14-17)22(23(26)27)24(32)30-20-16-28-11-9-21(20)31-12-4-3-5-13-31/h6-7,17-23,28-29H,2-5,8-9,11-16,26-27H2,1H3,(H,30,32)/b7-6-. The van der Waals surface area contributed by atoms with E-state index < -0.39 is 12.1 Å². The summed E-state index contributed by atoms with van der Waals surface area (Å²) >= 11 is 0. The molecule has 7 N–H and O–H groups in total. The SMILES string of the molecule is CCC1/C=C\C(CC#N)CNC(C(C(=O)NC2CNCCC2N2CCCCC2)C(N)N)C1. The Kier molecular flexibility index (Phi) is 9.94. The highest BCUT2D eigenvalue weighted by Crippen LogP contribution is 2.24. The number of carbonyl (C=O) groups excluding carboxylic acids is 1. The number of carbonyl (C=O) groups is 1. The number of rotatable bonds is 7. The van der Waals surface area contributed by atoms with Crippen LogP contribution in [0.4, 0.5) is 0 Å². The first-order chi connectivity index (χ1) is 15.5. The van der Waals surface area contributed by atoms with Gasteiger partial charge in [0.15, 0.2) is 0 Å². The summed E-state index contributed by atoms with van der Waals surface area (Å²) in [6, 6.07) is 2.59. The van der Waals surface area contributed by atoms with Gasteiger partial charge in [0.05, 0.1) is 24.2 Å². The molecule has 3 heterocycles. The van der Waals surface area contributed by atoms with Crippen LogP contribution in [0.15, 0.2) is 12.2 Å². The van der Waals surface area contributed by atoms with E-state index in [4.69, 9.17) is 16.7 Å². The van der Waals surface area contributed by atoms with Gasteiger partial charge in [0, 0.05) is 37.5 Å². The van der Waals surface area contributed by atoms with Crippen LogP contribution in [-0.4, -0.2) is 67.8 Å². The van der Waals surface area contributed by atoms with Gasteiger partial charge in [-0.2, -0.15) is 5.26 Å². The number of nitrogens with zero attached hydrogens (tertiary/aromatic N) is 2. The number of nitrogens with one attached hydrogen (secondary N) is 3. The Hall–Kier alpha value is -1.50. The molecule has 0 aromatic heterocycles. The van der Waals surface area contributed by atoms with E-state index in [0.717, 1.165) is 45.4 Å². The molecule has 8 nitrogen and oxygen atoms in total. The summed E-state index contributed by atoms with van der Waals surface area (Å²) < 4.78 is 0. The third-order valence-corrected chi connectivity index (χ3v) is 7.52.